The van der Waals surface area contributed by atoms with Gasteiger partial charge in [0.2, 0.25) is 5.91 Å². The number of benzene rings is 2. The van der Waals surface area contributed by atoms with Crippen molar-refractivity contribution >= 4 is 17.7 Å². The lowest BCUT2D eigenvalue weighted by Gasteiger charge is -2.13. The Morgan fingerprint density at radius 3 is 2.29 bits per heavy atom. The topological polar surface area (TPSA) is 38.3 Å². The first kappa shape index (κ1) is 18.4. The standard InChI is InChI=1S/C20H25NO2S/c1-14-5-7-19(8-6-14)24-17(4)20(22)21-9-10-23-18-12-15(2)11-16(3)13-18/h5-8,11-13,17H,9-10H2,1-4H3,(H,21,22)/t17-/m1/s1. The van der Waals surface area contributed by atoms with Crippen LogP contribution in [-0.2, 0) is 4.79 Å². The van der Waals surface area contributed by atoms with Gasteiger partial charge in [-0.1, -0.05) is 23.8 Å². The lowest BCUT2D eigenvalue weighted by Crippen LogP contribution is -2.33. The van der Waals surface area contributed by atoms with Crippen LogP contribution in [0.3, 0.4) is 0 Å². The molecule has 0 aromatic heterocycles. The Balaban J connectivity index is 1.73. The Bertz CT molecular complexity index is 662. The van der Waals surface area contributed by atoms with Crippen LogP contribution in [-0.4, -0.2) is 24.3 Å². The van der Waals surface area contributed by atoms with E-state index in [4.69, 9.17) is 4.74 Å². The molecule has 0 saturated carbocycles. The fourth-order valence-electron chi connectivity index (χ4n) is 2.38. The number of rotatable bonds is 7. The largest absolute Gasteiger partial charge is 0.492 e. The van der Waals surface area contributed by atoms with Gasteiger partial charge in [0, 0.05) is 4.90 Å². The normalized spacial score (nSPS) is 11.8. The van der Waals surface area contributed by atoms with Gasteiger partial charge in [-0.3, -0.25) is 4.79 Å². The molecule has 2 aromatic carbocycles. The number of aryl methyl sites for hydroxylation is 3. The van der Waals surface area contributed by atoms with Gasteiger partial charge in [0.05, 0.1) is 11.8 Å². The first-order valence-corrected chi connectivity index (χ1v) is 9.04. The zero-order valence-corrected chi connectivity index (χ0v) is 15.6. The monoisotopic (exact) mass is 343 g/mol. The van der Waals surface area contributed by atoms with E-state index in [0.29, 0.717) is 13.2 Å². The molecule has 0 heterocycles. The molecule has 1 N–H and O–H groups in total. The van der Waals surface area contributed by atoms with Gasteiger partial charge < -0.3 is 10.1 Å². The second-order valence-electron chi connectivity index (χ2n) is 6.04. The molecule has 24 heavy (non-hydrogen) atoms. The van der Waals surface area contributed by atoms with Gasteiger partial charge in [-0.05, 0) is 63.1 Å². The molecule has 128 valence electrons. The summed E-state index contributed by atoms with van der Waals surface area (Å²) >= 11 is 1.57. The van der Waals surface area contributed by atoms with Crippen molar-refractivity contribution < 1.29 is 9.53 Å². The highest BCUT2D eigenvalue weighted by Crippen LogP contribution is 2.23. The second kappa shape index (κ2) is 8.78. The second-order valence-corrected chi connectivity index (χ2v) is 7.45. The van der Waals surface area contributed by atoms with Gasteiger partial charge in [-0.15, -0.1) is 11.8 Å². The molecule has 2 rings (SSSR count). The fraction of sp³-hybridized carbons (Fsp3) is 0.350. The Hall–Kier alpha value is -1.94. The molecule has 0 unspecified atom stereocenters. The molecule has 0 aliphatic carbocycles. The van der Waals surface area contributed by atoms with Gasteiger partial charge in [0.25, 0.3) is 0 Å². The molecule has 2 aromatic rings. The summed E-state index contributed by atoms with van der Waals surface area (Å²) in [5, 5.41) is 2.80. The number of hydrogen-bond acceptors (Lipinski definition) is 3. The van der Waals surface area contributed by atoms with E-state index < -0.39 is 0 Å². The third-order valence-corrected chi connectivity index (χ3v) is 4.68. The van der Waals surface area contributed by atoms with Crippen molar-refractivity contribution in [1.82, 2.24) is 5.32 Å². The maximum atomic E-state index is 12.1. The highest BCUT2D eigenvalue weighted by Gasteiger charge is 2.13. The maximum Gasteiger partial charge on any atom is 0.233 e. The Morgan fingerprint density at radius 1 is 1.04 bits per heavy atom. The summed E-state index contributed by atoms with van der Waals surface area (Å²) in [4.78, 5) is 13.3. The minimum absolute atomic E-state index is 0.0320. The summed E-state index contributed by atoms with van der Waals surface area (Å²) in [6.07, 6.45) is 0. The van der Waals surface area contributed by atoms with E-state index in [0.717, 1.165) is 10.6 Å². The molecule has 1 amide bonds. The summed E-state index contributed by atoms with van der Waals surface area (Å²) in [5.41, 5.74) is 3.58. The van der Waals surface area contributed by atoms with Crippen molar-refractivity contribution in [3.8, 4) is 5.75 Å². The number of carbonyl (C=O) groups excluding carboxylic acids is 1. The van der Waals surface area contributed by atoms with Gasteiger partial charge >= 0.3 is 0 Å². The van der Waals surface area contributed by atoms with Crippen LogP contribution in [0.2, 0.25) is 0 Å². The molecule has 4 heteroatoms. The number of carbonyl (C=O) groups is 1. The Labute approximate surface area is 148 Å². The van der Waals surface area contributed by atoms with Gasteiger partial charge in [0.1, 0.15) is 12.4 Å². The van der Waals surface area contributed by atoms with Gasteiger partial charge in [0.15, 0.2) is 0 Å². The molecular formula is C20H25NO2S. The van der Waals surface area contributed by atoms with E-state index >= 15 is 0 Å². The van der Waals surface area contributed by atoms with Crippen LogP contribution in [0.4, 0.5) is 0 Å². The van der Waals surface area contributed by atoms with E-state index in [9.17, 15) is 4.79 Å². The summed E-state index contributed by atoms with van der Waals surface area (Å²) in [7, 11) is 0. The summed E-state index contributed by atoms with van der Waals surface area (Å²) in [6, 6.07) is 14.3. The molecule has 0 fully saturated rings. The van der Waals surface area contributed by atoms with Crippen LogP contribution in [0.5, 0.6) is 5.75 Å². The molecule has 3 nitrogen and oxygen atoms in total. The number of hydrogen-bond donors (Lipinski definition) is 1. The van der Waals surface area contributed by atoms with E-state index in [1.807, 2.05) is 45.0 Å². The quantitative estimate of drug-likeness (QED) is 0.602. The highest BCUT2D eigenvalue weighted by atomic mass is 32.2. The van der Waals surface area contributed by atoms with E-state index in [2.05, 4.69) is 30.4 Å². The van der Waals surface area contributed by atoms with Gasteiger partial charge in [-0.2, -0.15) is 0 Å². The first-order valence-electron chi connectivity index (χ1n) is 8.16. The molecule has 0 aliphatic heterocycles. The third kappa shape index (κ3) is 5.93. The van der Waals surface area contributed by atoms with Crippen molar-refractivity contribution in [2.45, 2.75) is 37.8 Å². The number of nitrogens with one attached hydrogen (secondary N) is 1. The maximum absolute atomic E-state index is 12.1. The third-order valence-electron chi connectivity index (χ3n) is 3.57. The highest BCUT2D eigenvalue weighted by molar-refractivity contribution is 8.00. The number of amides is 1. The van der Waals surface area contributed by atoms with Crippen LogP contribution < -0.4 is 10.1 Å². The SMILES string of the molecule is Cc1ccc(S[C@H](C)C(=O)NCCOc2cc(C)cc(C)c2)cc1. The van der Waals surface area contributed by atoms with E-state index in [1.54, 1.807) is 11.8 Å². The van der Waals surface area contributed by atoms with Crippen molar-refractivity contribution in [3.63, 3.8) is 0 Å². The van der Waals surface area contributed by atoms with Crippen LogP contribution >= 0.6 is 11.8 Å². The Kier molecular flexibility index (Phi) is 6.73. The average molecular weight is 343 g/mol. The molecule has 0 saturated heterocycles. The fourth-order valence-corrected chi connectivity index (χ4v) is 3.27. The van der Waals surface area contributed by atoms with Crippen LogP contribution in [0.25, 0.3) is 0 Å². The van der Waals surface area contributed by atoms with Crippen LogP contribution in [0.1, 0.15) is 23.6 Å². The van der Waals surface area contributed by atoms with Crippen molar-refractivity contribution in [2.24, 2.45) is 0 Å². The smallest absolute Gasteiger partial charge is 0.233 e. The minimum Gasteiger partial charge on any atom is -0.492 e. The van der Waals surface area contributed by atoms with E-state index in [1.165, 1.54) is 16.7 Å². The Morgan fingerprint density at radius 2 is 1.67 bits per heavy atom. The van der Waals surface area contributed by atoms with Crippen molar-refractivity contribution in [2.75, 3.05) is 13.2 Å². The van der Waals surface area contributed by atoms with Gasteiger partial charge in [-0.25, -0.2) is 0 Å². The molecular weight excluding hydrogens is 318 g/mol. The molecule has 0 bridgehead atoms. The number of thioether (sulfide) groups is 1. The number of ether oxygens (including phenoxy) is 1. The summed E-state index contributed by atoms with van der Waals surface area (Å²) < 4.78 is 5.71. The van der Waals surface area contributed by atoms with Crippen LogP contribution in [0.15, 0.2) is 47.4 Å². The lowest BCUT2D eigenvalue weighted by atomic mass is 10.1. The first-order chi connectivity index (χ1) is 11.4. The van der Waals surface area contributed by atoms with E-state index in [-0.39, 0.29) is 11.2 Å². The zero-order valence-electron chi connectivity index (χ0n) is 14.8. The molecule has 0 aliphatic rings. The molecule has 0 spiro atoms. The van der Waals surface area contributed by atoms with Crippen molar-refractivity contribution in [1.29, 1.82) is 0 Å². The molecule has 0 radical (unpaired) electrons. The lowest BCUT2D eigenvalue weighted by molar-refractivity contribution is -0.120. The average Bonchev–Trinajstić information content (AvgIpc) is 2.52. The molecule has 1 atom stereocenters. The van der Waals surface area contributed by atoms with Crippen molar-refractivity contribution in [3.05, 3.63) is 59.2 Å². The zero-order chi connectivity index (χ0) is 17.5. The predicted molar refractivity (Wildman–Crippen MR) is 101 cm³/mol. The predicted octanol–water partition coefficient (Wildman–Crippen LogP) is 4.29. The summed E-state index contributed by atoms with van der Waals surface area (Å²) in [6.45, 7) is 9.04. The van der Waals surface area contributed by atoms with Crippen LogP contribution in [0, 0.1) is 20.8 Å². The minimum atomic E-state index is -0.131. The summed E-state index contributed by atoms with van der Waals surface area (Å²) in [5.74, 6) is 0.883.